The number of nitrogens with one attached hydrogen (secondary N) is 3. The number of hydrogen-bond donors (Lipinski definition) is 4. The van der Waals surface area contributed by atoms with E-state index in [0.717, 1.165) is 0 Å². The maximum Gasteiger partial charge on any atom is 0.306 e. The first-order valence-electron chi connectivity index (χ1n) is 11.3. The molecule has 1 aliphatic rings. The number of rotatable bonds is 9. The summed E-state index contributed by atoms with van der Waals surface area (Å²) < 4.78 is 32.0. The van der Waals surface area contributed by atoms with Gasteiger partial charge in [0.2, 0.25) is 15.9 Å². The van der Waals surface area contributed by atoms with Crippen molar-refractivity contribution in [3.8, 4) is 5.75 Å². The summed E-state index contributed by atoms with van der Waals surface area (Å²) in [6.07, 6.45) is 1.61. The number of halogens is 1. The van der Waals surface area contributed by atoms with Crippen LogP contribution in [0.5, 0.6) is 5.75 Å². The molecular formula is C24H28ClN3O7S. The number of methoxy groups -OCH3 is 1. The van der Waals surface area contributed by atoms with Crippen LogP contribution in [-0.4, -0.2) is 45.5 Å². The lowest BCUT2D eigenvalue weighted by molar-refractivity contribution is -0.143. The Balaban J connectivity index is 1.81. The van der Waals surface area contributed by atoms with Gasteiger partial charge < -0.3 is 20.5 Å². The summed E-state index contributed by atoms with van der Waals surface area (Å²) in [6, 6.07) is 8.88. The Morgan fingerprint density at radius 2 is 1.72 bits per heavy atom. The van der Waals surface area contributed by atoms with E-state index >= 15 is 0 Å². The third-order valence-electron chi connectivity index (χ3n) is 6.19. The lowest BCUT2D eigenvalue weighted by atomic mass is 9.81. The minimum atomic E-state index is -3.84. The maximum atomic E-state index is 13.1. The molecule has 0 aromatic heterocycles. The SMILES string of the molecule is CNS(=O)(=O)c1ccc(NC(=O)C2CCC(C(=O)O)CC2)c(C(=O)NCc2ccc(OC)c(Cl)c2)c1. The van der Waals surface area contributed by atoms with Crippen molar-refractivity contribution in [2.24, 2.45) is 11.8 Å². The summed E-state index contributed by atoms with van der Waals surface area (Å²) in [7, 11) is -1.10. The molecule has 2 aromatic carbocycles. The van der Waals surface area contributed by atoms with Gasteiger partial charge in [0.05, 0.1) is 34.2 Å². The Labute approximate surface area is 214 Å². The predicted octanol–water partition coefficient (Wildman–Crippen LogP) is 3.02. The van der Waals surface area contributed by atoms with Gasteiger partial charge in [0.1, 0.15) is 5.75 Å². The van der Waals surface area contributed by atoms with Crippen LogP contribution >= 0.6 is 11.6 Å². The number of anilines is 1. The van der Waals surface area contributed by atoms with Crippen LogP contribution in [0, 0.1) is 11.8 Å². The van der Waals surface area contributed by atoms with Crippen molar-refractivity contribution in [3.63, 3.8) is 0 Å². The number of carbonyl (C=O) groups excluding carboxylic acids is 2. The van der Waals surface area contributed by atoms with E-state index in [1.54, 1.807) is 18.2 Å². The van der Waals surface area contributed by atoms with Gasteiger partial charge in [0, 0.05) is 12.5 Å². The van der Waals surface area contributed by atoms with Crippen molar-refractivity contribution in [3.05, 3.63) is 52.5 Å². The molecule has 0 aliphatic heterocycles. The van der Waals surface area contributed by atoms with E-state index in [-0.39, 0.29) is 28.6 Å². The van der Waals surface area contributed by atoms with Gasteiger partial charge in [-0.15, -0.1) is 0 Å². The van der Waals surface area contributed by atoms with Crippen LogP contribution < -0.4 is 20.1 Å². The van der Waals surface area contributed by atoms with E-state index in [9.17, 15) is 22.8 Å². The van der Waals surface area contributed by atoms with Crippen molar-refractivity contribution < 1.29 is 32.6 Å². The monoisotopic (exact) mass is 537 g/mol. The van der Waals surface area contributed by atoms with Gasteiger partial charge in [0.25, 0.3) is 5.91 Å². The molecule has 0 unspecified atom stereocenters. The molecule has 2 aromatic rings. The van der Waals surface area contributed by atoms with Crippen LogP contribution in [0.2, 0.25) is 5.02 Å². The zero-order chi connectivity index (χ0) is 26.5. The van der Waals surface area contributed by atoms with Gasteiger partial charge in [-0.05, 0) is 68.6 Å². The van der Waals surface area contributed by atoms with Crippen molar-refractivity contribution in [1.29, 1.82) is 0 Å². The van der Waals surface area contributed by atoms with Gasteiger partial charge in [-0.25, -0.2) is 13.1 Å². The number of aliphatic carboxylic acids is 1. The van der Waals surface area contributed by atoms with Crippen LogP contribution in [0.1, 0.15) is 41.6 Å². The molecule has 0 saturated heterocycles. The minimum absolute atomic E-state index is 0.0292. The average molecular weight is 538 g/mol. The Kier molecular flexibility index (Phi) is 8.93. The molecule has 10 nitrogen and oxygen atoms in total. The third-order valence-corrected chi connectivity index (χ3v) is 7.90. The molecule has 1 fully saturated rings. The van der Waals surface area contributed by atoms with Crippen LogP contribution in [0.15, 0.2) is 41.3 Å². The fourth-order valence-electron chi connectivity index (χ4n) is 4.04. The molecule has 0 spiro atoms. The number of sulfonamides is 1. The van der Waals surface area contributed by atoms with E-state index in [1.165, 1.54) is 32.4 Å². The topological polar surface area (TPSA) is 151 Å². The predicted molar refractivity (Wildman–Crippen MR) is 134 cm³/mol. The van der Waals surface area contributed by atoms with E-state index in [1.807, 2.05) is 0 Å². The Morgan fingerprint density at radius 1 is 1.06 bits per heavy atom. The van der Waals surface area contributed by atoms with Crippen molar-refractivity contribution >= 4 is 45.1 Å². The summed E-state index contributed by atoms with van der Waals surface area (Å²) in [5.41, 5.74) is 0.813. The molecular weight excluding hydrogens is 510 g/mol. The highest BCUT2D eigenvalue weighted by Gasteiger charge is 2.30. The van der Waals surface area contributed by atoms with Crippen molar-refractivity contribution in [2.75, 3.05) is 19.5 Å². The minimum Gasteiger partial charge on any atom is -0.495 e. The van der Waals surface area contributed by atoms with Gasteiger partial charge >= 0.3 is 5.97 Å². The van der Waals surface area contributed by atoms with Gasteiger partial charge in [-0.2, -0.15) is 0 Å². The van der Waals surface area contributed by atoms with Crippen LogP contribution in [0.4, 0.5) is 5.69 Å². The van der Waals surface area contributed by atoms with E-state index < -0.39 is 33.7 Å². The average Bonchev–Trinajstić information content (AvgIpc) is 2.87. The first-order chi connectivity index (χ1) is 17.1. The quantitative estimate of drug-likeness (QED) is 0.384. The standard InChI is InChI=1S/C24H28ClN3O7S/c1-26-36(33,34)17-8-9-20(28-22(29)15-4-6-16(7-5-15)24(31)32)18(12-17)23(30)27-13-14-3-10-21(35-2)19(25)11-14/h3,8-12,15-16,26H,4-7,13H2,1-2H3,(H,27,30)(H,28,29)(H,31,32). The molecule has 0 bridgehead atoms. The summed E-state index contributed by atoms with van der Waals surface area (Å²) >= 11 is 6.14. The van der Waals surface area contributed by atoms with Crippen LogP contribution in [0.25, 0.3) is 0 Å². The van der Waals surface area contributed by atoms with Gasteiger partial charge in [-0.1, -0.05) is 17.7 Å². The molecule has 36 heavy (non-hydrogen) atoms. The van der Waals surface area contributed by atoms with E-state index in [0.29, 0.717) is 42.0 Å². The Hall–Kier alpha value is -3.15. The Morgan fingerprint density at radius 3 is 2.31 bits per heavy atom. The third kappa shape index (κ3) is 6.54. The second kappa shape index (κ2) is 11.7. The molecule has 1 saturated carbocycles. The summed E-state index contributed by atoms with van der Waals surface area (Å²) in [6.45, 7) is 0.0954. The van der Waals surface area contributed by atoms with Crippen molar-refractivity contribution in [1.82, 2.24) is 10.0 Å². The number of amides is 2. The molecule has 1 aliphatic carbocycles. The molecule has 3 rings (SSSR count). The number of carboxylic acid groups (broad SMARTS) is 1. The molecule has 0 heterocycles. The second-order valence-electron chi connectivity index (χ2n) is 8.44. The first-order valence-corrected chi connectivity index (χ1v) is 13.1. The fourth-order valence-corrected chi connectivity index (χ4v) is 5.08. The number of ether oxygens (including phenoxy) is 1. The molecule has 4 N–H and O–H groups in total. The maximum absolute atomic E-state index is 13.1. The van der Waals surface area contributed by atoms with Gasteiger partial charge in [0.15, 0.2) is 0 Å². The van der Waals surface area contributed by atoms with Crippen molar-refractivity contribution in [2.45, 2.75) is 37.1 Å². The van der Waals surface area contributed by atoms with E-state index in [2.05, 4.69) is 15.4 Å². The highest BCUT2D eigenvalue weighted by atomic mass is 35.5. The summed E-state index contributed by atoms with van der Waals surface area (Å²) in [5.74, 6) is -2.20. The zero-order valence-electron chi connectivity index (χ0n) is 19.8. The normalized spacial score (nSPS) is 17.8. The number of carboxylic acids is 1. The van der Waals surface area contributed by atoms with Crippen LogP contribution in [-0.2, 0) is 26.2 Å². The van der Waals surface area contributed by atoms with Gasteiger partial charge in [-0.3, -0.25) is 14.4 Å². The number of carbonyl (C=O) groups is 3. The molecule has 0 atom stereocenters. The van der Waals surface area contributed by atoms with E-state index in [4.69, 9.17) is 21.4 Å². The number of hydrogen-bond acceptors (Lipinski definition) is 6. The fraction of sp³-hybridized carbons (Fsp3) is 0.375. The highest BCUT2D eigenvalue weighted by molar-refractivity contribution is 7.89. The molecule has 12 heteroatoms. The summed E-state index contributed by atoms with van der Waals surface area (Å²) in [4.78, 5) is 37.0. The number of benzene rings is 2. The first kappa shape index (κ1) is 27.4. The molecule has 194 valence electrons. The largest absolute Gasteiger partial charge is 0.495 e. The summed E-state index contributed by atoms with van der Waals surface area (Å²) in [5, 5.41) is 15.0. The molecule has 0 radical (unpaired) electrons. The molecule has 2 amide bonds. The smallest absolute Gasteiger partial charge is 0.306 e. The lowest BCUT2D eigenvalue weighted by Crippen LogP contribution is -2.31. The Bertz CT molecular complexity index is 1260. The highest BCUT2D eigenvalue weighted by Crippen LogP contribution is 2.31. The second-order valence-corrected chi connectivity index (χ2v) is 10.7. The van der Waals surface area contributed by atoms with Crippen LogP contribution in [0.3, 0.4) is 0 Å². The lowest BCUT2D eigenvalue weighted by Gasteiger charge is -2.25. The zero-order valence-corrected chi connectivity index (χ0v) is 21.4.